The predicted octanol–water partition coefficient (Wildman–Crippen LogP) is -0.403. The number of carbonyl (C=O) groups is 2. The molecule has 3 nitrogen and oxygen atoms in total. The first-order chi connectivity index (χ1) is 4.46. The van der Waals surface area contributed by atoms with Gasteiger partial charge >= 0.3 is 0 Å². The zero-order chi connectivity index (χ0) is 8.31. The van der Waals surface area contributed by atoms with E-state index in [4.69, 9.17) is 0 Å². The lowest BCUT2D eigenvalue weighted by Crippen LogP contribution is -2.37. The number of carboxylic acid groups (broad SMARTS) is 1. The highest BCUT2D eigenvalue weighted by atomic mass is 16.4. The first-order valence-electron chi connectivity index (χ1n) is 3.22. The van der Waals surface area contributed by atoms with Crippen LogP contribution < -0.4 is 5.11 Å². The standard InChI is InChI=1S/C7H12O3/c1-4(2)5(3)6(8)7(9)10/h4-5H,1-3H3,(H,9,10)/p-1/t5-/m1/s1. The third-order valence-corrected chi connectivity index (χ3v) is 1.61. The van der Waals surface area contributed by atoms with Crippen molar-refractivity contribution in [2.75, 3.05) is 0 Å². The number of hydrogen-bond acceptors (Lipinski definition) is 3. The van der Waals surface area contributed by atoms with Crippen LogP contribution in [0.5, 0.6) is 0 Å². The van der Waals surface area contributed by atoms with Gasteiger partial charge in [0.2, 0.25) is 0 Å². The zero-order valence-corrected chi connectivity index (χ0v) is 6.38. The summed E-state index contributed by atoms with van der Waals surface area (Å²) in [5, 5.41) is 9.98. The van der Waals surface area contributed by atoms with E-state index in [2.05, 4.69) is 0 Å². The molecule has 0 aliphatic heterocycles. The Hall–Kier alpha value is -0.860. The van der Waals surface area contributed by atoms with Crippen LogP contribution in [0.2, 0.25) is 0 Å². The molecule has 1 atom stereocenters. The summed E-state index contributed by atoms with van der Waals surface area (Å²) < 4.78 is 0. The number of Topliss-reactive ketones (excluding diaryl/α,β-unsaturated/α-hetero) is 1. The number of hydrogen-bond donors (Lipinski definition) is 0. The van der Waals surface area contributed by atoms with Gasteiger partial charge in [-0.1, -0.05) is 20.8 Å². The molecule has 0 aromatic rings. The Bertz CT molecular complexity index is 149. The van der Waals surface area contributed by atoms with Crippen LogP contribution in [0.1, 0.15) is 20.8 Å². The van der Waals surface area contributed by atoms with Gasteiger partial charge in [0, 0.05) is 5.92 Å². The number of carboxylic acids is 1. The minimum atomic E-state index is -1.58. The van der Waals surface area contributed by atoms with Crippen molar-refractivity contribution in [3.63, 3.8) is 0 Å². The number of ketones is 1. The molecule has 0 heterocycles. The third-order valence-electron chi connectivity index (χ3n) is 1.61. The van der Waals surface area contributed by atoms with Gasteiger partial charge in [-0.3, -0.25) is 4.79 Å². The second kappa shape index (κ2) is 3.34. The molecule has 3 heteroatoms. The first kappa shape index (κ1) is 9.14. The van der Waals surface area contributed by atoms with E-state index in [1.54, 1.807) is 20.8 Å². The van der Waals surface area contributed by atoms with Crippen LogP contribution in [0.25, 0.3) is 0 Å². The molecule has 10 heavy (non-hydrogen) atoms. The Morgan fingerprint density at radius 3 is 1.70 bits per heavy atom. The summed E-state index contributed by atoms with van der Waals surface area (Å²) in [4.78, 5) is 20.6. The minimum absolute atomic E-state index is 0.0606. The molecule has 0 amide bonds. The molecule has 0 saturated heterocycles. The van der Waals surface area contributed by atoms with Gasteiger partial charge in [-0.2, -0.15) is 0 Å². The molecule has 0 aromatic carbocycles. The average molecular weight is 143 g/mol. The van der Waals surface area contributed by atoms with Crippen LogP contribution in [0.4, 0.5) is 0 Å². The molecule has 0 bridgehead atoms. The second-order valence-corrected chi connectivity index (χ2v) is 2.68. The molecule has 0 fully saturated rings. The summed E-state index contributed by atoms with van der Waals surface area (Å²) in [6, 6.07) is 0. The fourth-order valence-corrected chi connectivity index (χ4v) is 0.489. The van der Waals surface area contributed by atoms with Crippen LogP contribution >= 0.6 is 0 Å². The highest BCUT2D eigenvalue weighted by Gasteiger charge is 2.16. The summed E-state index contributed by atoms with van der Waals surface area (Å²) in [6.07, 6.45) is 0. The molecule has 0 rings (SSSR count). The summed E-state index contributed by atoms with van der Waals surface area (Å²) in [6.45, 7) is 5.18. The topological polar surface area (TPSA) is 57.2 Å². The van der Waals surface area contributed by atoms with Crippen LogP contribution in [0, 0.1) is 11.8 Å². The lowest BCUT2D eigenvalue weighted by molar-refractivity contribution is -0.300. The van der Waals surface area contributed by atoms with E-state index in [1.165, 1.54) is 0 Å². The van der Waals surface area contributed by atoms with Crippen molar-refractivity contribution >= 4 is 11.8 Å². The Kier molecular flexibility index (Phi) is 3.06. The molecule has 58 valence electrons. The summed E-state index contributed by atoms with van der Waals surface area (Å²) in [5.74, 6) is -2.77. The lowest BCUT2D eigenvalue weighted by Gasteiger charge is -2.13. The van der Waals surface area contributed by atoms with Gasteiger partial charge in [0.1, 0.15) is 5.97 Å². The quantitative estimate of drug-likeness (QED) is 0.505. The monoisotopic (exact) mass is 143 g/mol. The van der Waals surface area contributed by atoms with E-state index in [9.17, 15) is 14.7 Å². The van der Waals surface area contributed by atoms with Gasteiger partial charge in [-0.15, -0.1) is 0 Å². The fraction of sp³-hybridized carbons (Fsp3) is 0.714. The lowest BCUT2D eigenvalue weighted by atomic mass is 9.94. The van der Waals surface area contributed by atoms with Crippen molar-refractivity contribution in [3.05, 3.63) is 0 Å². The molecular weight excluding hydrogens is 132 g/mol. The van der Waals surface area contributed by atoms with E-state index >= 15 is 0 Å². The average Bonchev–Trinajstić information content (AvgIpc) is 1.84. The largest absolute Gasteiger partial charge is 0.542 e. The van der Waals surface area contributed by atoms with Crippen LogP contribution in [-0.4, -0.2) is 11.8 Å². The summed E-state index contributed by atoms with van der Waals surface area (Å²) in [5.41, 5.74) is 0. The maximum Gasteiger partial charge on any atom is 0.181 e. The van der Waals surface area contributed by atoms with Gasteiger partial charge in [0.05, 0.1) is 0 Å². The highest BCUT2D eigenvalue weighted by Crippen LogP contribution is 2.09. The zero-order valence-electron chi connectivity index (χ0n) is 6.38. The van der Waals surface area contributed by atoms with Crippen molar-refractivity contribution in [2.24, 2.45) is 11.8 Å². The molecule has 0 spiro atoms. The van der Waals surface area contributed by atoms with Crippen molar-refractivity contribution in [3.8, 4) is 0 Å². The van der Waals surface area contributed by atoms with Crippen molar-refractivity contribution in [1.29, 1.82) is 0 Å². The normalized spacial score (nSPS) is 13.2. The van der Waals surface area contributed by atoms with Gasteiger partial charge in [0.25, 0.3) is 0 Å². The third kappa shape index (κ3) is 2.17. The number of aliphatic carboxylic acids is 1. The Morgan fingerprint density at radius 1 is 1.20 bits per heavy atom. The van der Waals surface area contributed by atoms with Crippen LogP contribution in [0.3, 0.4) is 0 Å². The summed E-state index contributed by atoms with van der Waals surface area (Å²) in [7, 11) is 0. The smallest absolute Gasteiger partial charge is 0.181 e. The molecular formula is C7H11O3-. The first-order valence-corrected chi connectivity index (χ1v) is 3.22. The number of carbonyl (C=O) groups excluding carboxylic acids is 2. The molecule has 0 aliphatic rings. The molecule has 0 aliphatic carbocycles. The highest BCUT2D eigenvalue weighted by molar-refractivity contribution is 6.32. The Balaban J connectivity index is 4.08. The van der Waals surface area contributed by atoms with E-state index in [-0.39, 0.29) is 5.92 Å². The SMILES string of the molecule is CC(C)[C@@H](C)C(=O)C(=O)[O-]. The Morgan fingerprint density at radius 2 is 1.60 bits per heavy atom. The van der Waals surface area contributed by atoms with Crippen LogP contribution in [-0.2, 0) is 9.59 Å². The van der Waals surface area contributed by atoms with E-state index in [0.29, 0.717) is 0 Å². The minimum Gasteiger partial charge on any atom is -0.542 e. The second-order valence-electron chi connectivity index (χ2n) is 2.68. The van der Waals surface area contributed by atoms with Gasteiger partial charge < -0.3 is 9.90 Å². The predicted molar refractivity (Wildman–Crippen MR) is 34.0 cm³/mol. The van der Waals surface area contributed by atoms with E-state index in [1.807, 2.05) is 0 Å². The van der Waals surface area contributed by atoms with E-state index in [0.717, 1.165) is 0 Å². The maximum absolute atomic E-state index is 10.6. The number of rotatable bonds is 3. The van der Waals surface area contributed by atoms with Crippen molar-refractivity contribution < 1.29 is 14.7 Å². The van der Waals surface area contributed by atoms with Crippen molar-refractivity contribution in [2.45, 2.75) is 20.8 Å². The van der Waals surface area contributed by atoms with E-state index < -0.39 is 17.7 Å². The molecule has 0 unspecified atom stereocenters. The van der Waals surface area contributed by atoms with Gasteiger partial charge in [-0.25, -0.2) is 0 Å². The maximum atomic E-state index is 10.6. The molecule has 0 radical (unpaired) electrons. The van der Waals surface area contributed by atoms with Crippen molar-refractivity contribution in [1.82, 2.24) is 0 Å². The summed E-state index contributed by atoms with van der Waals surface area (Å²) >= 11 is 0. The molecule has 0 saturated carbocycles. The van der Waals surface area contributed by atoms with Gasteiger partial charge in [0.15, 0.2) is 5.78 Å². The molecule has 0 aromatic heterocycles. The Labute approximate surface area is 60.0 Å². The van der Waals surface area contributed by atoms with Gasteiger partial charge in [-0.05, 0) is 5.92 Å². The molecule has 0 N–H and O–H groups in total. The van der Waals surface area contributed by atoms with Crippen LogP contribution in [0.15, 0.2) is 0 Å². The fourth-order valence-electron chi connectivity index (χ4n) is 0.489.